The lowest BCUT2D eigenvalue weighted by molar-refractivity contribution is 0.222. The van der Waals surface area contributed by atoms with Gasteiger partial charge in [-0.1, -0.05) is 31.3 Å². The summed E-state index contributed by atoms with van der Waals surface area (Å²) in [5.74, 6) is 0. The van der Waals surface area contributed by atoms with Crippen molar-refractivity contribution in [1.29, 1.82) is 0 Å². The molecule has 1 aromatic rings. The smallest absolute Gasteiger partial charge is 0.382 e. The van der Waals surface area contributed by atoms with Crippen LogP contribution in [-0.4, -0.2) is 36.4 Å². The Kier molecular flexibility index (Phi) is 6.00. The number of hydrogen-bond donors (Lipinski definition) is 0. The van der Waals surface area contributed by atoms with Gasteiger partial charge in [-0.25, -0.2) is 0 Å². The van der Waals surface area contributed by atoms with Crippen LogP contribution in [0.4, 0.5) is 5.69 Å². The average Bonchev–Trinajstić information content (AvgIpc) is 2.36. The molecule has 5 heteroatoms. The van der Waals surface area contributed by atoms with Crippen molar-refractivity contribution in [2.45, 2.75) is 46.0 Å². The quantitative estimate of drug-likeness (QED) is 0.750. The topological polar surface area (TPSA) is 21.7 Å². The van der Waals surface area contributed by atoms with Gasteiger partial charge in [-0.15, -0.1) is 0 Å². The summed E-state index contributed by atoms with van der Waals surface area (Å²) in [7, 11) is -1.42. The van der Waals surface area contributed by atoms with E-state index in [4.69, 9.17) is 8.85 Å². The zero-order valence-electron chi connectivity index (χ0n) is 13.9. The molecule has 0 saturated carbocycles. The van der Waals surface area contributed by atoms with Crippen molar-refractivity contribution in [3.05, 3.63) is 30.3 Å². The Hall–Kier alpha value is -0.626. The van der Waals surface area contributed by atoms with Gasteiger partial charge >= 0.3 is 8.72 Å². The molecule has 0 aliphatic rings. The molecule has 0 heterocycles. The Labute approximate surface area is 126 Å². The van der Waals surface area contributed by atoms with Crippen LogP contribution in [-0.2, 0) is 8.85 Å². The van der Waals surface area contributed by atoms with Gasteiger partial charge in [-0.2, -0.15) is 0 Å². The second-order valence-electron chi connectivity index (χ2n) is 6.65. The molecule has 0 aliphatic carbocycles. The van der Waals surface area contributed by atoms with E-state index in [1.54, 1.807) is 7.11 Å². The van der Waals surface area contributed by atoms with Crippen molar-refractivity contribution in [2.24, 2.45) is 0 Å². The van der Waals surface area contributed by atoms with Gasteiger partial charge in [0.15, 0.2) is 0 Å². The molecule has 1 unspecified atom stereocenters. The maximum atomic E-state index is 6.29. The van der Waals surface area contributed by atoms with Crippen molar-refractivity contribution in [3.8, 4) is 0 Å². The first-order valence-electron chi connectivity index (χ1n) is 7.25. The molecule has 0 N–H and O–H groups in total. The van der Waals surface area contributed by atoms with Crippen molar-refractivity contribution < 1.29 is 8.85 Å². The number of para-hydroxylation sites is 1. The summed E-state index contributed by atoms with van der Waals surface area (Å²) in [5, 5.41) is 0. The zero-order chi connectivity index (χ0) is 15.4. The van der Waals surface area contributed by atoms with Crippen LogP contribution >= 0.6 is 0 Å². The molecule has 1 rings (SSSR count). The molecule has 0 fully saturated rings. The Morgan fingerprint density at radius 1 is 1.15 bits per heavy atom. The van der Waals surface area contributed by atoms with Crippen molar-refractivity contribution in [1.82, 2.24) is 0 Å². The summed E-state index contributed by atoms with van der Waals surface area (Å²) in [6.45, 7) is 13.4. The Morgan fingerprint density at radius 3 is 2.10 bits per heavy atom. The molecule has 1 aromatic carbocycles. The van der Waals surface area contributed by atoms with E-state index in [1.807, 2.05) is 6.07 Å². The van der Waals surface area contributed by atoms with Crippen LogP contribution in [0.25, 0.3) is 0 Å². The fourth-order valence-corrected chi connectivity index (χ4v) is 7.18. The van der Waals surface area contributed by atoms with E-state index in [-0.39, 0.29) is 5.54 Å². The highest BCUT2D eigenvalue weighted by atomic mass is 28.4. The minimum Gasteiger partial charge on any atom is -0.382 e. The highest BCUT2D eigenvalue weighted by molar-refractivity contribution is 6.71. The second kappa shape index (κ2) is 6.89. The Morgan fingerprint density at radius 2 is 1.70 bits per heavy atom. The van der Waals surface area contributed by atoms with Crippen LogP contribution in [0.3, 0.4) is 0 Å². The van der Waals surface area contributed by atoms with Gasteiger partial charge in [-0.05, 0) is 39.5 Å². The molecule has 0 bridgehead atoms. The Bertz CT molecular complexity index is 406. The molecule has 0 saturated heterocycles. The van der Waals surface area contributed by atoms with Gasteiger partial charge in [0.1, 0.15) is 0 Å². The average molecular weight is 312 g/mol. The van der Waals surface area contributed by atoms with Crippen LogP contribution in [0.2, 0.25) is 19.6 Å². The molecule has 0 amide bonds. The molecular formula is C15H29NO2Si2. The molecule has 0 radical (unpaired) electrons. The minimum atomic E-state index is -2.42. The number of hydrogen-bond acceptors (Lipinski definition) is 3. The third-order valence-electron chi connectivity index (χ3n) is 3.15. The summed E-state index contributed by atoms with van der Waals surface area (Å²) in [4.78, 5) is 0. The molecule has 0 aliphatic heterocycles. The van der Waals surface area contributed by atoms with Crippen molar-refractivity contribution in [2.75, 3.05) is 17.9 Å². The van der Waals surface area contributed by atoms with Crippen molar-refractivity contribution in [3.63, 3.8) is 0 Å². The fourth-order valence-electron chi connectivity index (χ4n) is 2.34. The predicted molar refractivity (Wildman–Crippen MR) is 92.1 cm³/mol. The summed E-state index contributed by atoms with van der Waals surface area (Å²) in [6.07, 6.45) is 0.857. The van der Waals surface area contributed by atoms with E-state index in [2.05, 4.69) is 69.2 Å². The molecule has 114 valence electrons. The molecule has 3 nitrogen and oxygen atoms in total. The van der Waals surface area contributed by atoms with Gasteiger partial charge in [-0.3, -0.25) is 0 Å². The molecule has 0 aromatic heterocycles. The molecular weight excluding hydrogens is 282 g/mol. The van der Waals surface area contributed by atoms with E-state index in [1.165, 1.54) is 5.69 Å². The third-order valence-corrected chi connectivity index (χ3v) is 7.52. The summed E-state index contributed by atoms with van der Waals surface area (Å²) in [5.41, 5.74) is 1.12. The van der Waals surface area contributed by atoms with E-state index in [9.17, 15) is 0 Å². The van der Waals surface area contributed by atoms with Crippen molar-refractivity contribution >= 4 is 23.2 Å². The van der Waals surface area contributed by atoms with Gasteiger partial charge in [0.05, 0.1) is 8.80 Å². The zero-order valence-corrected chi connectivity index (χ0v) is 16.1. The van der Waals surface area contributed by atoms with Gasteiger partial charge < -0.3 is 13.4 Å². The van der Waals surface area contributed by atoms with E-state index >= 15 is 0 Å². The lowest BCUT2D eigenvalue weighted by Crippen LogP contribution is -2.63. The maximum absolute atomic E-state index is 6.29. The van der Waals surface area contributed by atoms with Crippen LogP contribution in [0.15, 0.2) is 30.3 Å². The number of rotatable bonds is 6. The highest BCUT2D eigenvalue weighted by Crippen LogP contribution is 2.30. The van der Waals surface area contributed by atoms with E-state index < -0.39 is 17.5 Å². The molecule has 20 heavy (non-hydrogen) atoms. The molecule has 1 atom stereocenters. The highest BCUT2D eigenvalue weighted by Gasteiger charge is 2.45. The monoisotopic (exact) mass is 311 g/mol. The summed E-state index contributed by atoms with van der Waals surface area (Å²) in [6, 6.07) is 10.4. The first-order valence-corrected chi connectivity index (χ1v) is 12.6. The number of benzene rings is 1. The largest absolute Gasteiger partial charge is 0.456 e. The Balaban J connectivity index is 3.14. The first kappa shape index (κ1) is 17.4. The standard InChI is InChI=1S/C15H29NO2Si2/c1-15(2,3)16(14-11-9-8-10-12-14)20(7,17-4)18-13-19(5)6/h8-12,19H,13H2,1-7H3. The lowest BCUT2D eigenvalue weighted by Gasteiger charge is -2.46. The summed E-state index contributed by atoms with van der Waals surface area (Å²) >= 11 is 0. The summed E-state index contributed by atoms with van der Waals surface area (Å²) < 4.78 is 14.5. The van der Waals surface area contributed by atoms with Crippen LogP contribution in [0.1, 0.15) is 20.8 Å². The molecule has 0 spiro atoms. The first-order chi connectivity index (χ1) is 9.20. The SMILES string of the molecule is CO[Si](C)(OC[SiH](C)C)N(c1ccccc1)C(C)(C)C. The third kappa shape index (κ3) is 4.44. The van der Waals surface area contributed by atoms with Gasteiger partial charge in [0.25, 0.3) is 0 Å². The second-order valence-corrected chi connectivity index (χ2v) is 12.7. The fraction of sp³-hybridized carbons (Fsp3) is 0.600. The normalized spacial score (nSPS) is 15.2. The number of nitrogens with zero attached hydrogens (tertiary/aromatic N) is 1. The van der Waals surface area contributed by atoms with Crippen LogP contribution < -0.4 is 4.57 Å². The van der Waals surface area contributed by atoms with Crippen LogP contribution in [0, 0.1) is 0 Å². The lowest BCUT2D eigenvalue weighted by atomic mass is 10.1. The van der Waals surface area contributed by atoms with Gasteiger partial charge in [0, 0.05) is 24.6 Å². The maximum Gasteiger partial charge on any atom is 0.456 e. The van der Waals surface area contributed by atoms with Crippen LogP contribution in [0.5, 0.6) is 0 Å². The predicted octanol–water partition coefficient (Wildman–Crippen LogP) is 3.55. The van der Waals surface area contributed by atoms with E-state index in [0.717, 1.165) is 6.23 Å². The minimum absolute atomic E-state index is 0.0448. The number of anilines is 1. The van der Waals surface area contributed by atoms with E-state index in [0.29, 0.717) is 0 Å². The van der Waals surface area contributed by atoms with Gasteiger partial charge in [0.2, 0.25) is 0 Å².